The van der Waals surface area contributed by atoms with Gasteiger partial charge >= 0.3 is 5.97 Å². The monoisotopic (exact) mass is 237 g/mol. The van der Waals surface area contributed by atoms with Crippen LogP contribution in [-0.2, 0) is 9.53 Å². The van der Waals surface area contributed by atoms with Gasteiger partial charge < -0.3 is 10.5 Å². The lowest BCUT2D eigenvalue weighted by atomic mass is 9.48. The molecule has 4 bridgehead atoms. The highest BCUT2D eigenvalue weighted by atomic mass is 16.5. The molecule has 3 nitrogen and oxygen atoms in total. The predicted octanol–water partition coefficient (Wildman–Crippen LogP) is 2.09. The fourth-order valence-corrected chi connectivity index (χ4v) is 5.04. The van der Waals surface area contributed by atoms with Crippen molar-refractivity contribution in [1.29, 1.82) is 0 Å². The summed E-state index contributed by atoms with van der Waals surface area (Å²) in [5.74, 6) is 2.33. The van der Waals surface area contributed by atoms with Crippen molar-refractivity contribution in [3.63, 3.8) is 0 Å². The van der Waals surface area contributed by atoms with Crippen molar-refractivity contribution in [3.05, 3.63) is 0 Å². The van der Waals surface area contributed by atoms with Crippen molar-refractivity contribution < 1.29 is 9.53 Å². The minimum atomic E-state index is -0.379. The largest absolute Gasteiger partial charge is 0.465 e. The topological polar surface area (TPSA) is 52.3 Å². The van der Waals surface area contributed by atoms with Crippen molar-refractivity contribution in [3.8, 4) is 0 Å². The second-order valence-electron chi connectivity index (χ2n) is 6.51. The Morgan fingerprint density at radius 1 is 1.24 bits per heavy atom. The number of nitrogens with two attached hydrogens (primary N) is 1. The molecule has 0 aromatic carbocycles. The Kier molecular flexibility index (Phi) is 2.69. The van der Waals surface area contributed by atoms with Crippen molar-refractivity contribution >= 4 is 5.97 Å². The Morgan fingerprint density at radius 2 is 1.71 bits per heavy atom. The maximum Gasteiger partial charge on any atom is 0.323 e. The molecule has 96 valence electrons. The fourth-order valence-electron chi connectivity index (χ4n) is 5.04. The van der Waals surface area contributed by atoms with Gasteiger partial charge in [-0.1, -0.05) is 0 Å². The maximum absolute atomic E-state index is 11.9. The van der Waals surface area contributed by atoms with Crippen LogP contribution < -0.4 is 5.73 Å². The van der Waals surface area contributed by atoms with Crippen molar-refractivity contribution in [1.82, 2.24) is 0 Å². The summed E-state index contributed by atoms with van der Waals surface area (Å²) in [7, 11) is 0. The van der Waals surface area contributed by atoms with Gasteiger partial charge in [0, 0.05) is 0 Å². The van der Waals surface area contributed by atoms with Crippen LogP contribution in [0.5, 0.6) is 0 Å². The molecule has 4 aliphatic carbocycles. The van der Waals surface area contributed by atoms with Crippen molar-refractivity contribution in [2.24, 2.45) is 28.9 Å². The average molecular weight is 237 g/mol. The fraction of sp³-hybridized carbons (Fsp3) is 0.929. The van der Waals surface area contributed by atoms with Crippen LogP contribution in [0.25, 0.3) is 0 Å². The maximum atomic E-state index is 11.9. The van der Waals surface area contributed by atoms with E-state index in [0.29, 0.717) is 6.61 Å². The van der Waals surface area contributed by atoms with Gasteiger partial charge in [-0.2, -0.15) is 0 Å². The van der Waals surface area contributed by atoms with E-state index in [0.717, 1.165) is 17.8 Å². The summed E-state index contributed by atoms with van der Waals surface area (Å²) in [5.41, 5.74) is 6.31. The molecule has 0 radical (unpaired) electrons. The predicted molar refractivity (Wildman–Crippen MR) is 65.2 cm³/mol. The van der Waals surface area contributed by atoms with Crippen LogP contribution in [-0.4, -0.2) is 18.6 Å². The van der Waals surface area contributed by atoms with Gasteiger partial charge in [-0.3, -0.25) is 4.79 Å². The summed E-state index contributed by atoms with van der Waals surface area (Å²) >= 11 is 0. The lowest BCUT2D eigenvalue weighted by molar-refractivity contribution is -0.155. The third kappa shape index (κ3) is 1.79. The minimum absolute atomic E-state index is 0.0843. The Balaban J connectivity index is 1.79. The molecule has 2 N–H and O–H groups in total. The van der Waals surface area contributed by atoms with E-state index < -0.39 is 0 Å². The molecule has 0 heterocycles. The van der Waals surface area contributed by atoms with E-state index in [4.69, 9.17) is 10.5 Å². The molecule has 1 unspecified atom stereocenters. The molecule has 17 heavy (non-hydrogen) atoms. The highest BCUT2D eigenvalue weighted by molar-refractivity contribution is 5.76. The number of esters is 1. The lowest BCUT2D eigenvalue weighted by Gasteiger charge is -2.58. The first kappa shape index (κ1) is 11.5. The zero-order chi connectivity index (χ0) is 12.0. The van der Waals surface area contributed by atoms with E-state index >= 15 is 0 Å². The van der Waals surface area contributed by atoms with Crippen LogP contribution in [0, 0.1) is 23.2 Å². The summed E-state index contributed by atoms with van der Waals surface area (Å²) in [6.07, 6.45) is 7.65. The van der Waals surface area contributed by atoms with E-state index in [9.17, 15) is 4.79 Å². The van der Waals surface area contributed by atoms with Gasteiger partial charge in [0.2, 0.25) is 0 Å². The van der Waals surface area contributed by atoms with Crippen LogP contribution in [0.3, 0.4) is 0 Å². The van der Waals surface area contributed by atoms with Gasteiger partial charge in [-0.05, 0) is 68.6 Å². The van der Waals surface area contributed by atoms with Crippen LogP contribution in [0.4, 0.5) is 0 Å². The number of rotatable bonds is 3. The number of carbonyl (C=O) groups is 1. The molecule has 0 spiro atoms. The summed E-state index contributed by atoms with van der Waals surface area (Å²) in [4.78, 5) is 11.9. The van der Waals surface area contributed by atoms with E-state index in [1.54, 1.807) is 0 Å². The first-order valence-corrected chi connectivity index (χ1v) is 7.05. The number of carbonyl (C=O) groups excluding carboxylic acids is 1. The Bertz CT molecular complexity index is 291. The van der Waals surface area contributed by atoms with Crippen LogP contribution in [0.1, 0.15) is 45.4 Å². The van der Waals surface area contributed by atoms with E-state index in [-0.39, 0.29) is 17.4 Å². The van der Waals surface area contributed by atoms with Gasteiger partial charge in [-0.15, -0.1) is 0 Å². The van der Waals surface area contributed by atoms with Crippen molar-refractivity contribution in [2.45, 2.75) is 51.5 Å². The quantitative estimate of drug-likeness (QED) is 0.765. The minimum Gasteiger partial charge on any atom is -0.465 e. The zero-order valence-electron chi connectivity index (χ0n) is 10.7. The molecule has 1 atom stereocenters. The molecular formula is C14H23NO2. The second-order valence-corrected chi connectivity index (χ2v) is 6.51. The van der Waals surface area contributed by atoms with Gasteiger partial charge in [0.15, 0.2) is 0 Å². The Labute approximate surface area is 103 Å². The third-order valence-electron chi connectivity index (χ3n) is 5.29. The van der Waals surface area contributed by atoms with Gasteiger partial charge in [0.1, 0.15) is 6.04 Å². The van der Waals surface area contributed by atoms with Crippen LogP contribution >= 0.6 is 0 Å². The van der Waals surface area contributed by atoms with Gasteiger partial charge in [0.05, 0.1) is 6.61 Å². The summed E-state index contributed by atoms with van der Waals surface area (Å²) in [5, 5.41) is 0. The molecule has 0 aliphatic heterocycles. The molecule has 0 aromatic heterocycles. The van der Waals surface area contributed by atoms with E-state index in [1.807, 2.05) is 6.92 Å². The first-order chi connectivity index (χ1) is 8.13. The number of hydrogen-bond acceptors (Lipinski definition) is 3. The molecule has 0 aromatic rings. The second kappa shape index (κ2) is 3.98. The van der Waals surface area contributed by atoms with Crippen LogP contribution in [0.15, 0.2) is 0 Å². The molecule has 4 rings (SSSR count). The summed E-state index contributed by atoms with van der Waals surface area (Å²) in [6.45, 7) is 2.29. The zero-order valence-corrected chi connectivity index (χ0v) is 10.7. The standard InChI is InChI=1S/C14H23NO2/c1-2-17-13(16)12(15)14-6-9-3-10(7-14)5-11(4-9)8-14/h9-12H,2-8,15H2,1H3. The Hall–Kier alpha value is -0.570. The molecule has 4 aliphatic rings. The summed E-state index contributed by atoms with van der Waals surface area (Å²) in [6, 6.07) is -0.379. The SMILES string of the molecule is CCOC(=O)C(N)C12CC3CC(CC(C3)C1)C2. The third-order valence-corrected chi connectivity index (χ3v) is 5.29. The van der Waals surface area contributed by atoms with Crippen LogP contribution in [0.2, 0.25) is 0 Å². The molecule has 0 amide bonds. The van der Waals surface area contributed by atoms with E-state index in [1.165, 1.54) is 38.5 Å². The van der Waals surface area contributed by atoms with Gasteiger partial charge in [-0.25, -0.2) is 0 Å². The number of ether oxygens (including phenoxy) is 1. The smallest absolute Gasteiger partial charge is 0.323 e. The molecule has 3 heteroatoms. The van der Waals surface area contributed by atoms with Crippen molar-refractivity contribution in [2.75, 3.05) is 6.61 Å². The Morgan fingerprint density at radius 3 is 2.12 bits per heavy atom. The highest BCUT2D eigenvalue weighted by Crippen LogP contribution is 2.61. The molecular weight excluding hydrogens is 214 g/mol. The van der Waals surface area contributed by atoms with E-state index in [2.05, 4.69) is 0 Å². The normalized spacial score (nSPS) is 44.7. The molecule has 4 saturated carbocycles. The lowest BCUT2D eigenvalue weighted by Crippen LogP contribution is -2.57. The van der Waals surface area contributed by atoms with Gasteiger partial charge in [0.25, 0.3) is 0 Å². The highest BCUT2D eigenvalue weighted by Gasteiger charge is 2.55. The number of hydrogen-bond donors (Lipinski definition) is 1. The molecule has 4 fully saturated rings. The average Bonchev–Trinajstić information content (AvgIpc) is 2.26. The summed E-state index contributed by atoms with van der Waals surface area (Å²) < 4.78 is 5.13. The molecule has 0 saturated heterocycles. The first-order valence-electron chi connectivity index (χ1n) is 7.05.